The fraction of sp³-hybridized carbons (Fsp3) is 0.632. The van der Waals surface area contributed by atoms with E-state index in [1.807, 2.05) is 0 Å². The summed E-state index contributed by atoms with van der Waals surface area (Å²) >= 11 is 0. The number of non-ortho nitro benzene ring substituents is 1. The molecule has 1 N–H and O–H groups in total. The van der Waals surface area contributed by atoms with Crippen molar-refractivity contribution >= 4 is 11.9 Å². The van der Waals surface area contributed by atoms with Gasteiger partial charge in [-0.3, -0.25) is 15.1 Å². The molecule has 0 fully saturated rings. The summed E-state index contributed by atoms with van der Waals surface area (Å²) in [7, 11) is 0. The average molecular weight is 334 g/mol. The Morgan fingerprint density at radius 1 is 1.04 bits per heavy atom. The summed E-state index contributed by atoms with van der Waals surface area (Å²) in [5.74, 6) is 0.0208. The van der Waals surface area contributed by atoms with Crippen LogP contribution in [0.5, 0.6) is 5.75 Å². The molecule has 5 nitrogen and oxygen atoms in total. The lowest BCUT2D eigenvalue weighted by atomic mass is 10.1. The second-order valence-corrected chi connectivity index (χ2v) is 6.22. The third-order valence-electron chi connectivity index (χ3n) is 4.09. The minimum Gasteiger partial charge on any atom is -0.507 e. The SMILES string of the molecule is CCCCCCCCCCCCN=Cc1cc([N+](=O)[O-])ccc1O. The molecule has 0 saturated carbocycles. The molecule has 5 heteroatoms. The third-order valence-corrected chi connectivity index (χ3v) is 4.09. The molecule has 0 bridgehead atoms. The average Bonchev–Trinajstić information content (AvgIpc) is 2.57. The molecule has 24 heavy (non-hydrogen) atoms. The predicted octanol–water partition coefficient (Wildman–Crippen LogP) is 5.64. The topological polar surface area (TPSA) is 75.7 Å². The van der Waals surface area contributed by atoms with E-state index in [-0.39, 0.29) is 11.4 Å². The normalized spacial score (nSPS) is 11.2. The molecule has 1 rings (SSSR count). The van der Waals surface area contributed by atoms with Crippen molar-refractivity contribution in [2.75, 3.05) is 6.54 Å². The predicted molar refractivity (Wildman–Crippen MR) is 99.1 cm³/mol. The van der Waals surface area contributed by atoms with Gasteiger partial charge in [0.25, 0.3) is 5.69 Å². The molecule has 134 valence electrons. The first kappa shape index (κ1) is 20.1. The first-order chi connectivity index (χ1) is 11.6. The van der Waals surface area contributed by atoms with Gasteiger partial charge in [-0.1, -0.05) is 64.7 Å². The van der Waals surface area contributed by atoms with Crippen molar-refractivity contribution in [1.29, 1.82) is 0 Å². The van der Waals surface area contributed by atoms with Gasteiger partial charge < -0.3 is 5.11 Å². The van der Waals surface area contributed by atoms with E-state index in [9.17, 15) is 15.2 Å². The Labute approximate surface area is 145 Å². The van der Waals surface area contributed by atoms with Gasteiger partial charge in [-0.2, -0.15) is 0 Å². The van der Waals surface area contributed by atoms with Crippen LogP contribution < -0.4 is 0 Å². The summed E-state index contributed by atoms with van der Waals surface area (Å²) in [6.45, 7) is 2.93. The molecule has 0 heterocycles. The minimum atomic E-state index is -0.473. The number of nitrogens with zero attached hydrogens (tertiary/aromatic N) is 2. The fourth-order valence-electron chi connectivity index (χ4n) is 2.61. The molecule has 1 aromatic rings. The summed E-state index contributed by atoms with van der Waals surface area (Å²) in [5.41, 5.74) is 0.365. The van der Waals surface area contributed by atoms with Crippen LogP contribution >= 0.6 is 0 Å². The van der Waals surface area contributed by atoms with E-state index in [1.54, 1.807) is 0 Å². The summed E-state index contributed by atoms with van der Waals surface area (Å²) < 4.78 is 0. The summed E-state index contributed by atoms with van der Waals surface area (Å²) in [6, 6.07) is 3.96. The molecule has 0 aliphatic carbocycles. The minimum absolute atomic E-state index is 0.0208. The van der Waals surface area contributed by atoms with Crippen molar-refractivity contribution in [2.24, 2.45) is 4.99 Å². The zero-order chi connectivity index (χ0) is 17.6. The Bertz CT molecular complexity index is 515. The van der Waals surface area contributed by atoms with E-state index in [0.717, 1.165) is 12.8 Å². The Hall–Kier alpha value is -1.91. The number of hydrogen-bond donors (Lipinski definition) is 1. The van der Waals surface area contributed by atoms with Crippen molar-refractivity contribution in [3.05, 3.63) is 33.9 Å². The third kappa shape index (κ3) is 8.65. The van der Waals surface area contributed by atoms with Gasteiger partial charge in [-0.25, -0.2) is 0 Å². The van der Waals surface area contributed by atoms with E-state index >= 15 is 0 Å². The molecule has 0 radical (unpaired) electrons. The van der Waals surface area contributed by atoms with Crippen LogP contribution in [0.2, 0.25) is 0 Å². The number of nitro groups is 1. The van der Waals surface area contributed by atoms with Crippen LogP contribution in [-0.4, -0.2) is 22.8 Å². The maximum Gasteiger partial charge on any atom is 0.270 e. The number of phenolic OH excluding ortho intramolecular Hbond substituents is 1. The van der Waals surface area contributed by atoms with Crippen LogP contribution in [0.1, 0.15) is 76.7 Å². The molecule has 0 unspecified atom stereocenters. The molecule has 0 amide bonds. The maximum atomic E-state index is 10.7. The molecule has 0 spiro atoms. The van der Waals surface area contributed by atoms with Gasteiger partial charge in [0.15, 0.2) is 0 Å². The number of benzene rings is 1. The van der Waals surface area contributed by atoms with Gasteiger partial charge >= 0.3 is 0 Å². The highest BCUT2D eigenvalue weighted by Gasteiger charge is 2.08. The number of unbranched alkanes of at least 4 members (excludes halogenated alkanes) is 9. The number of nitro benzene ring substituents is 1. The van der Waals surface area contributed by atoms with Crippen LogP contribution in [0, 0.1) is 10.1 Å². The second kappa shape index (κ2) is 12.5. The lowest BCUT2D eigenvalue weighted by Gasteiger charge is -2.01. The quantitative estimate of drug-likeness (QED) is 0.219. The molecule has 0 aromatic heterocycles. The van der Waals surface area contributed by atoms with E-state index in [0.29, 0.717) is 12.1 Å². The monoisotopic (exact) mass is 334 g/mol. The standard InChI is InChI=1S/C19H30N2O3/c1-2-3-4-5-6-7-8-9-10-11-14-20-16-17-15-18(21(23)24)12-13-19(17)22/h12-13,15-16,22H,2-11,14H2,1H3. The number of aromatic hydroxyl groups is 1. The molecular formula is C19H30N2O3. The molecule has 0 atom stereocenters. The number of phenols is 1. The number of hydrogen-bond acceptors (Lipinski definition) is 4. The van der Waals surface area contributed by atoms with Crippen molar-refractivity contribution in [3.63, 3.8) is 0 Å². The summed E-state index contributed by atoms with van der Waals surface area (Å²) in [5, 5.41) is 20.4. The van der Waals surface area contributed by atoms with Crippen molar-refractivity contribution in [1.82, 2.24) is 0 Å². The van der Waals surface area contributed by atoms with Gasteiger partial charge in [0.05, 0.1) is 4.92 Å². The fourth-order valence-corrected chi connectivity index (χ4v) is 2.61. The first-order valence-electron chi connectivity index (χ1n) is 9.12. The van der Waals surface area contributed by atoms with Gasteiger partial charge in [-0.05, 0) is 12.5 Å². The Morgan fingerprint density at radius 2 is 1.62 bits per heavy atom. The number of rotatable bonds is 13. The highest BCUT2D eigenvalue weighted by atomic mass is 16.6. The number of aliphatic imine (C=N–C) groups is 1. The largest absolute Gasteiger partial charge is 0.507 e. The smallest absolute Gasteiger partial charge is 0.270 e. The lowest BCUT2D eigenvalue weighted by molar-refractivity contribution is -0.384. The van der Waals surface area contributed by atoms with Crippen LogP contribution in [0.3, 0.4) is 0 Å². The molecule has 1 aromatic carbocycles. The van der Waals surface area contributed by atoms with E-state index in [2.05, 4.69) is 11.9 Å². The maximum absolute atomic E-state index is 10.7. The molecule has 0 saturated heterocycles. The lowest BCUT2D eigenvalue weighted by Crippen LogP contribution is -1.91. The Balaban J connectivity index is 2.12. The van der Waals surface area contributed by atoms with Crippen molar-refractivity contribution in [2.45, 2.75) is 71.1 Å². The first-order valence-corrected chi connectivity index (χ1v) is 9.12. The highest BCUT2D eigenvalue weighted by molar-refractivity contribution is 5.84. The summed E-state index contributed by atoms with van der Waals surface area (Å²) in [6.07, 6.45) is 14.3. The van der Waals surface area contributed by atoms with E-state index < -0.39 is 4.92 Å². The van der Waals surface area contributed by atoms with Crippen molar-refractivity contribution in [3.8, 4) is 5.75 Å². The van der Waals surface area contributed by atoms with Crippen molar-refractivity contribution < 1.29 is 10.0 Å². The zero-order valence-electron chi connectivity index (χ0n) is 14.7. The van der Waals surface area contributed by atoms with E-state index in [4.69, 9.17) is 0 Å². The van der Waals surface area contributed by atoms with Crippen LogP contribution in [-0.2, 0) is 0 Å². The zero-order valence-corrected chi connectivity index (χ0v) is 14.7. The van der Waals surface area contributed by atoms with Crippen LogP contribution in [0.15, 0.2) is 23.2 Å². The van der Waals surface area contributed by atoms with E-state index in [1.165, 1.54) is 75.8 Å². The van der Waals surface area contributed by atoms with Crippen LogP contribution in [0.4, 0.5) is 5.69 Å². The Morgan fingerprint density at radius 3 is 2.21 bits per heavy atom. The molecule has 0 aliphatic rings. The molecule has 0 aliphatic heterocycles. The van der Waals surface area contributed by atoms with Gasteiger partial charge in [0.1, 0.15) is 5.75 Å². The highest BCUT2D eigenvalue weighted by Crippen LogP contribution is 2.21. The molecular weight excluding hydrogens is 304 g/mol. The van der Waals surface area contributed by atoms with Gasteiger partial charge in [0.2, 0.25) is 0 Å². The van der Waals surface area contributed by atoms with Gasteiger partial charge in [0, 0.05) is 30.5 Å². The second-order valence-electron chi connectivity index (χ2n) is 6.22. The van der Waals surface area contributed by atoms with Gasteiger partial charge in [-0.15, -0.1) is 0 Å². The summed E-state index contributed by atoms with van der Waals surface area (Å²) in [4.78, 5) is 14.5. The van der Waals surface area contributed by atoms with Crippen LogP contribution in [0.25, 0.3) is 0 Å². The Kier molecular flexibility index (Phi) is 10.5.